The van der Waals surface area contributed by atoms with Crippen LogP contribution in [0.1, 0.15) is 42.2 Å². The Morgan fingerprint density at radius 2 is 1.80 bits per heavy atom. The van der Waals surface area contributed by atoms with Crippen LogP contribution >= 0.6 is 0 Å². The van der Waals surface area contributed by atoms with E-state index in [4.69, 9.17) is 13.9 Å². The van der Waals surface area contributed by atoms with Crippen molar-refractivity contribution in [2.45, 2.75) is 39.2 Å². The first-order valence-electron chi connectivity index (χ1n) is 12.0. The number of amides is 1. The molecule has 0 aliphatic heterocycles. The first-order valence-corrected chi connectivity index (χ1v) is 12.0. The summed E-state index contributed by atoms with van der Waals surface area (Å²) in [6, 6.07) is 21.4. The summed E-state index contributed by atoms with van der Waals surface area (Å²) >= 11 is 0. The van der Waals surface area contributed by atoms with Gasteiger partial charge in [-0.25, -0.2) is 0 Å². The standard InChI is InChI=1S/C30H29NO4/c1-20(25-17-26-24-10-6-7-11-27(24)35-29(26)18-28(25)33-2)16-30(32)31-22-12-14-23(15-13-22)34-19-21-8-4-3-5-9-21/h3-5,8-9,12-18H,6-7,10-11,19H2,1-2H3,(H,31,32)/b20-16+. The molecule has 1 N–H and O–H groups in total. The summed E-state index contributed by atoms with van der Waals surface area (Å²) in [7, 11) is 1.64. The van der Waals surface area contributed by atoms with E-state index >= 15 is 0 Å². The molecule has 1 amide bonds. The van der Waals surface area contributed by atoms with Crippen molar-refractivity contribution in [1.82, 2.24) is 0 Å². The third-order valence-corrected chi connectivity index (χ3v) is 6.42. The molecule has 35 heavy (non-hydrogen) atoms. The Bertz CT molecular complexity index is 1370. The Kier molecular flexibility index (Phi) is 6.57. The van der Waals surface area contributed by atoms with Gasteiger partial charge in [0.15, 0.2) is 0 Å². The summed E-state index contributed by atoms with van der Waals surface area (Å²) in [5, 5.41) is 4.05. The van der Waals surface area contributed by atoms with Crippen molar-refractivity contribution in [1.29, 1.82) is 0 Å². The molecule has 5 heteroatoms. The maximum Gasteiger partial charge on any atom is 0.248 e. The van der Waals surface area contributed by atoms with Crippen molar-refractivity contribution < 1.29 is 18.7 Å². The van der Waals surface area contributed by atoms with E-state index in [1.807, 2.05) is 67.6 Å². The quantitative estimate of drug-likeness (QED) is 0.299. The van der Waals surface area contributed by atoms with Gasteiger partial charge in [-0.3, -0.25) is 4.79 Å². The molecule has 178 valence electrons. The fraction of sp³-hybridized carbons (Fsp3) is 0.233. The van der Waals surface area contributed by atoms with Crippen LogP contribution < -0.4 is 14.8 Å². The molecule has 1 aromatic heterocycles. The first-order chi connectivity index (χ1) is 17.1. The van der Waals surface area contributed by atoms with Gasteiger partial charge >= 0.3 is 0 Å². The predicted molar refractivity (Wildman–Crippen MR) is 139 cm³/mol. The molecular weight excluding hydrogens is 438 g/mol. The highest BCUT2D eigenvalue weighted by molar-refractivity contribution is 6.04. The number of anilines is 1. The highest BCUT2D eigenvalue weighted by Gasteiger charge is 2.20. The van der Waals surface area contributed by atoms with E-state index in [-0.39, 0.29) is 5.91 Å². The van der Waals surface area contributed by atoms with E-state index in [0.717, 1.165) is 58.4 Å². The van der Waals surface area contributed by atoms with Gasteiger partial charge in [0.05, 0.1) is 7.11 Å². The van der Waals surface area contributed by atoms with Gasteiger partial charge in [-0.1, -0.05) is 30.3 Å². The minimum Gasteiger partial charge on any atom is -0.496 e. The minimum atomic E-state index is -0.197. The summed E-state index contributed by atoms with van der Waals surface area (Å²) in [5.74, 6) is 2.34. The summed E-state index contributed by atoms with van der Waals surface area (Å²) < 4.78 is 17.5. The molecule has 1 heterocycles. The van der Waals surface area contributed by atoms with Crippen LogP contribution in [-0.2, 0) is 24.2 Å². The number of hydrogen-bond acceptors (Lipinski definition) is 4. The molecule has 0 fully saturated rings. The molecule has 1 aliphatic rings. The van der Waals surface area contributed by atoms with Crippen LogP contribution in [0.2, 0.25) is 0 Å². The van der Waals surface area contributed by atoms with E-state index in [9.17, 15) is 4.79 Å². The van der Waals surface area contributed by atoms with E-state index in [2.05, 4.69) is 11.4 Å². The number of benzene rings is 3. The number of rotatable bonds is 7. The van der Waals surface area contributed by atoms with Gasteiger partial charge < -0.3 is 19.2 Å². The summed E-state index contributed by atoms with van der Waals surface area (Å²) in [6.07, 6.45) is 5.96. The van der Waals surface area contributed by atoms with Gasteiger partial charge in [-0.05, 0) is 67.7 Å². The number of fused-ring (bicyclic) bond motifs is 3. The van der Waals surface area contributed by atoms with Crippen LogP contribution in [0.25, 0.3) is 16.5 Å². The molecule has 0 unspecified atom stereocenters. The molecule has 0 atom stereocenters. The van der Waals surface area contributed by atoms with Gasteiger partial charge in [-0.2, -0.15) is 0 Å². The zero-order chi connectivity index (χ0) is 24.2. The maximum atomic E-state index is 12.8. The SMILES string of the molecule is COc1cc2oc3c(c2cc1/C(C)=C/C(=O)Nc1ccc(OCc2ccccc2)cc1)CCCC3. The van der Waals surface area contributed by atoms with Gasteiger partial charge in [0, 0.05) is 40.8 Å². The van der Waals surface area contributed by atoms with E-state index < -0.39 is 0 Å². The third-order valence-electron chi connectivity index (χ3n) is 6.42. The number of aryl methyl sites for hydroxylation is 2. The molecule has 0 radical (unpaired) electrons. The largest absolute Gasteiger partial charge is 0.496 e. The Morgan fingerprint density at radius 1 is 1.03 bits per heavy atom. The number of ether oxygens (including phenoxy) is 2. The number of carbonyl (C=O) groups is 1. The molecule has 4 aromatic rings. The van der Waals surface area contributed by atoms with Crippen molar-refractivity contribution in [2.75, 3.05) is 12.4 Å². The van der Waals surface area contributed by atoms with Crippen LogP contribution in [-0.4, -0.2) is 13.0 Å². The number of allylic oxidation sites excluding steroid dienone is 1. The lowest BCUT2D eigenvalue weighted by molar-refractivity contribution is -0.111. The molecule has 0 saturated heterocycles. The van der Waals surface area contributed by atoms with E-state index in [1.54, 1.807) is 13.2 Å². The molecular formula is C30H29NO4. The van der Waals surface area contributed by atoms with E-state index in [0.29, 0.717) is 18.0 Å². The second-order valence-electron chi connectivity index (χ2n) is 8.87. The second-order valence-corrected chi connectivity index (χ2v) is 8.87. The second kappa shape index (κ2) is 10.1. The molecule has 5 nitrogen and oxygen atoms in total. The summed E-state index contributed by atoms with van der Waals surface area (Å²) in [6.45, 7) is 2.43. The van der Waals surface area contributed by atoms with Gasteiger partial charge in [0.25, 0.3) is 0 Å². The van der Waals surface area contributed by atoms with Crippen molar-refractivity contribution in [3.8, 4) is 11.5 Å². The van der Waals surface area contributed by atoms with Crippen LogP contribution in [0.4, 0.5) is 5.69 Å². The lowest BCUT2D eigenvalue weighted by atomic mass is 9.94. The minimum absolute atomic E-state index is 0.197. The van der Waals surface area contributed by atoms with Gasteiger partial charge in [-0.15, -0.1) is 0 Å². The van der Waals surface area contributed by atoms with Crippen LogP contribution in [0.15, 0.2) is 77.2 Å². The Labute approximate surface area is 205 Å². The van der Waals surface area contributed by atoms with Crippen molar-refractivity contribution >= 4 is 28.1 Å². The first kappa shape index (κ1) is 22.8. The normalized spacial score (nSPS) is 13.4. The lowest BCUT2D eigenvalue weighted by Gasteiger charge is -2.11. The third kappa shape index (κ3) is 5.09. The van der Waals surface area contributed by atoms with Gasteiger partial charge in [0.2, 0.25) is 5.91 Å². The number of methoxy groups -OCH3 is 1. The molecule has 0 saturated carbocycles. The molecule has 0 bridgehead atoms. The fourth-order valence-corrected chi connectivity index (χ4v) is 4.59. The Hall–Kier alpha value is -3.99. The topological polar surface area (TPSA) is 60.7 Å². The summed E-state index contributed by atoms with van der Waals surface area (Å²) in [4.78, 5) is 12.8. The van der Waals surface area contributed by atoms with Crippen LogP contribution in [0, 0.1) is 0 Å². The Morgan fingerprint density at radius 3 is 2.57 bits per heavy atom. The number of carbonyl (C=O) groups excluding carboxylic acids is 1. The van der Waals surface area contributed by atoms with Gasteiger partial charge in [0.1, 0.15) is 29.4 Å². The average Bonchev–Trinajstić information content (AvgIpc) is 3.25. The van der Waals surface area contributed by atoms with E-state index in [1.165, 1.54) is 12.0 Å². The van der Waals surface area contributed by atoms with Crippen LogP contribution in [0.5, 0.6) is 11.5 Å². The molecule has 1 aliphatic carbocycles. The highest BCUT2D eigenvalue weighted by atomic mass is 16.5. The predicted octanol–water partition coefficient (Wildman–Crippen LogP) is 6.94. The monoisotopic (exact) mass is 467 g/mol. The smallest absolute Gasteiger partial charge is 0.248 e. The zero-order valence-electron chi connectivity index (χ0n) is 20.1. The highest BCUT2D eigenvalue weighted by Crippen LogP contribution is 2.37. The Balaban J connectivity index is 1.29. The van der Waals surface area contributed by atoms with Crippen molar-refractivity contribution in [3.05, 3.63) is 95.3 Å². The molecule has 5 rings (SSSR count). The fourth-order valence-electron chi connectivity index (χ4n) is 4.59. The molecule has 3 aromatic carbocycles. The van der Waals surface area contributed by atoms with Crippen LogP contribution in [0.3, 0.4) is 0 Å². The maximum absolute atomic E-state index is 12.8. The van der Waals surface area contributed by atoms with Crippen molar-refractivity contribution in [3.63, 3.8) is 0 Å². The number of furan rings is 1. The number of hydrogen-bond donors (Lipinski definition) is 1. The number of nitrogens with one attached hydrogen (secondary N) is 1. The lowest BCUT2D eigenvalue weighted by Crippen LogP contribution is -2.08. The summed E-state index contributed by atoms with van der Waals surface area (Å²) in [5.41, 5.74) is 5.68. The average molecular weight is 468 g/mol. The van der Waals surface area contributed by atoms with Crippen molar-refractivity contribution in [2.24, 2.45) is 0 Å². The zero-order valence-corrected chi connectivity index (χ0v) is 20.1. The molecule has 0 spiro atoms.